The molecule has 3 aliphatic rings. The second-order valence-corrected chi connectivity index (χ2v) is 13.6. The molecule has 3 aliphatic heterocycles. The highest BCUT2D eigenvalue weighted by Crippen LogP contribution is 2.51. The molecule has 2 amide bonds. The first-order valence-electron chi connectivity index (χ1n) is 12.5. The van der Waals surface area contributed by atoms with Crippen LogP contribution in [-0.4, -0.2) is 68.2 Å². The first-order valence-corrected chi connectivity index (χ1v) is 15.8. The van der Waals surface area contributed by atoms with E-state index in [1.165, 1.54) is 18.8 Å². The van der Waals surface area contributed by atoms with Gasteiger partial charge in [-0.15, -0.1) is 22.7 Å². The number of benzene rings is 1. The molecule has 1 aromatic carbocycles. The van der Waals surface area contributed by atoms with E-state index in [0.29, 0.717) is 28.8 Å². The summed E-state index contributed by atoms with van der Waals surface area (Å²) in [6.45, 7) is 0.350. The Hall–Kier alpha value is -4.26. The standard InChI is InChI=1S/C26H20N4O10S4/c1-10(23-27(2)11-5-12-13(40-9-39-12)6-14(11)41-23)4-15-20(35)29(7-16(31)32)24(42-15)19-22(37)30(8-17(33)34)25(43-19)18-21(36)28(3)26(38)44-18/h4-6H,7-9H2,1-3H3,(H,31,32)(H,33,34)/b15-4?,23-10+,24-19+,25-18+. The predicted octanol–water partition coefficient (Wildman–Crippen LogP) is 1.01. The predicted molar refractivity (Wildman–Crippen MR) is 163 cm³/mol. The fourth-order valence-corrected chi connectivity index (χ4v) is 9.22. The fraction of sp³-hybridized carbons (Fsp3) is 0.231. The van der Waals surface area contributed by atoms with E-state index in [2.05, 4.69) is 0 Å². The summed E-state index contributed by atoms with van der Waals surface area (Å²) in [6.07, 6.45) is 1.60. The minimum absolute atomic E-state index is 0.0148. The van der Waals surface area contributed by atoms with Crippen molar-refractivity contribution >= 4 is 86.0 Å². The second-order valence-electron chi connectivity index (χ2n) is 9.61. The van der Waals surface area contributed by atoms with Gasteiger partial charge in [0.05, 0.1) is 15.2 Å². The lowest BCUT2D eigenvalue weighted by Crippen LogP contribution is -2.32. The molecule has 0 radical (unpaired) electrons. The van der Waals surface area contributed by atoms with Crippen LogP contribution < -0.4 is 34.7 Å². The lowest BCUT2D eigenvalue weighted by atomic mass is 10.2. The molecule has 0 spiro atoms. The van der Waals surface area contributed by atoms with Gasteiger partial charge < -0.3 is 24.6 Å². The average molecular weight is 677 g/mol. The second kappa shape index (κ2) is 11.0. The number of amides is 2. The Labute approximate surface area is 262 Å². The van der Waals surface area contributed by atoms with Crippen molar-refractivity contribution in [3.63, 3.8) is 0 Å². The third kappa shape index (κ3) is 4.92. The molecule has 1 saturated heterocycles. The molecular formula is C26H20N4O10S4. The highest BCUT2D eigenvalue weighted by atomic mass is 32.2. The van der Waals surface area contributed by atoms with E-state index in [0.717, 1.165) is 52.3 Å². The molecule has 0 saturated carbocycles. The van der Waals surface area contributed by atoms with E-state index in [1.54, 1.807) is 13.0 Å². The normalized spacial score (nSPS) is 19.3. The molecule has 0 unspecified atom stereocenters. The summed E-state index contributed by atoms with van der Waals surface area (Å²) in [7, 11) is 3.12. The van der Waals surface area contributed by atoms with Gasteiger partial charge in [-0.25, -0.2) is 0 Å². The van der Waals surface area contributed by atoms with Crippen molar-refractivity contribution in [2.24, 2.45) is 0 Å². The maximum Gasteiger partial charge on any atom is 0.323 e. The number of aromatic nitrogens is 2. The first kappa shape index (κ1) is 29.8. The van der Waals surface area contributed by atoms with Gasteiger partial charge in [-0.3, -0.25) is 42.8 Å². The van der Waals surface area contributed by atoms with Gasteiger partial charge >= 0.3 is 11.9 Å². The van der Waals surface area contributed by atoms with Crippen LogP contribution in [0.4, 0.5) is 10.5 Å². The lowest BCUT2D eigenvalue weighted by Gasteiger charge is -2.15. The van der Waals surface area contributed by atoms with Gasteiger partial charge in [-0.2, -0.15) is 0 Å². The van der Waals surface area contributed by atoms with Gasteiger partial charge in [0, 0.05) is 31.1 Å². The smallest absolute Gasteiger partial charge is 0.323 e. The van der Waals surface area contributed by atoms with E-state index in [1.807, 2.05) is 24.1 Å². The van der Waals surface area contributed by atoms with Crippen LogP contribution in [0, 0.1) is 9.20 Å². The summed E-state index contributed by atoms with van der Waals surface area (Å²) in [5.41, 5.74) is 0.0622. The first-order chi connectivity index (χ1) is 20.8. The zero-order valence-corrected chi connectivity index (χ0v) is 26.2. The number of carboxylic acid groups (broad SMARTS) is 2. The van der Waals surface area contributed by atoms with Gasteiger partial charge in [-0.05, 0) is 30.3 Å². The molecular weight excluding hydrogens is 657 g/mol. The molecule has 3 aromatic rings. The van der Waals surface area contributed by atoms with Crippen molar-refractivity contribution < 1.29 is 38.9 Å². The van der Waals surface area contributed by atoms with Crippen LogP contribution in [0.2, 0.25) is 0 Å². The molecule has 44 heavy (non-hydrogen) atoms. The molecule has 6 rings (SSSR count). The van der Waals surface area contributed by atoms with Crippen molar-refractivity contribution in [2.75, 3.05) is 25.8 Å². The highest BCUT2D eigenvalue weighted by molar-refractivity contribution is 8.23. The number of fused-ring (bicyclic) bond motifs is 2. The molecule has 228 valence electrons. The number of aliphatic carboxylic acids is 2. The molecule has 2 aromatic heterocycles. The number of thiazole rings is 2. The van der Waals surface area contributed by atoms with Crippen molar-refractivity contribution in [3.05, 3.63) is 61.8 Å². The molecule has 1 fully saturated rings. The summed E-state index contributed by atoms with van der Waals surface area (Å²) in [5.74, 6) is -2.17. The molecule has 0 bridgehead atoms. The van der Waals surface area contributed by atoms with Gasteiger partial charge in [-0.1, -0.05) is 11.8 Å². The van der Waals surface area contributed by atoms with Crippen molar-refractivity contribution in [1.82, 2.24) is 14.0 Å². The molecule has 14 nitrogen and oxygen atoms in total. The van der Waals surface area contributed by atoms with Gasteiger partial charge in [0.2, 0.25) is 6.79 Å². The lowest BCUT2D eigenvalue weighted by molar-refractivity contribution is -0.138. The van der Waals surface area contributed by atoms with Crippen LogP contribution in [-0.2, 0) is 27.5 Å². The fourth-order valence-electron chi connectivity index (χ4n) is 4.67. The van der Waals surface area contributed by atoms with Crippen LogP contribution in [0.1, 0.15) is 6.92 Å². The Bertz CT molecular complexity index is 2210. The Kier molecular flexibility index (Phi) is 7.47. The number of carbonyl (C=O) groups excluding carboxylic acids is 2. The summed E-state index contributed by atoms with van der Waals surface area (Å²) in [4.78, 5) is 79.0. The van der Waals surface area contributed by atoms with Crippen LogP contribution in [0.25, 0.3) is 11.0 Å². The maximum atomic E-state index is 13.6. The quantitative estimate of drug-likeness (QED) is 0.392. The SMILES string of the molecule is C/C(C=c1s/c(=c2/s/c(=C3/SC(=O)N(C)C3=O)n(CC(=O)O)c2=O)n(CC(=O)O)c1=O)=C1\Sc2cc3c(cc2N1C)OCO3. The summed E-state index contributed by atoms with van der Waals surface area (Å²) >= 11 is 3.61. The van der Waals surface area contributed by atoms with Gasteiger partial charge in [0.1, 0.15) is 31.9 Å². The minimum Gasteiger partial charge on any atom is -0.480 e. The van der Waals surface area contributed by atoms with E-state index in [9.17, 15) is 39.0 Å². The molecule has 0 aliphatic carbocycles. The van der Waals surface area contributed by atoms with E-state index >= 15 is 0 Å². The molecule has 5 heterocycles. The Morgan fingerprint density at radius 2 is 1.52 bits per heavy atom. The minimum atomic E-state index is -1.37. The molecule has 2 N–H and O–H groups in total. The zero-order valence-electron chi connectivity index (χ0n) is 22.9. The van der Waals surface area contributed by atoms with E-state index in [4.69, 9.17) is 9.47 Å². The molecule has 18 heteroatoms. The van der Waals surface area contributed by atoms with Crippen LogP contribution in [0.5, 0.6) is 11.5 Å². The topological polar surface area (TPSA) is 178 Å². The van der Waals surface area contributed by atoms with E-state index < -0.39 is 47.3 Å². The van der Waals surface area contributed by atoms with Crippen LogP contribution in [0.15, 0.2) is 37.2 Å². The number of imide groups is 1. The van der Waals surface area contributed by atoms with Crippen molar-refractivity contribution in [1.29, 1.82) is 0 Å². The van der Waals surface area contributed by atoms with Crippen LogP contribution >= 0.6 is 46.2 Å². The van der Waals surface area contributed by atoms with Gasteiger partial charge in [0.15, 0.2) is 11.5 Å². The van der Waals surface area contributed by atoms with Gasteiger partial charge in [0.25, 0.3) is 22.3 Å². The summed E-state index contributed by atoms with van der Waals surface area (Å²) < 4.78 is 12.7. The third-order valence-electron chi connectivity index (χ3n) is 6.74. The monoisotopic (exact) mass is 676 g/mol. The third-order valence-corrected chi connectivity index (χ3v) is 11.7. The number of carbonyl (C=O) groups is 4. The van der Waals surface area contributed by atoms with Crippen molar-refractivity contribution in [3.8, 4) is 11.5 Å². The Morgan fingerprint density at radius 1 is 0.886 bits per heavy atom. The zero-order chi connectivity index (χ0) is 31.6. The number of anilines is 1. The van der Waals surface area contributed by atoms with E-state index in [-0.39, 0.29) is 30.1 Å². The highest BCUT2D eigenvalue weighted by Gasteiger charge is 2.34. The number of carboxylic acids is 2. The number of hydrogen-bond acceptors (Lipinski definition) is 13. The Balaban J connectivity index is 1.59. The largest absolute Gasteiger partial charge is 0.480 e. The summed E-state index contributed by atoms with van der Waals surface area (Å²) in [5, 5.41) is 19.3. The van der Waals surface area contributed by atoms with Crippen LogP contribution in [0.3, 0.4) is 0 Å². The molecule has 0 atom stereocenters. The number of thioether (sulfide) groups is 2. The number of rotatable bonds is 5. The Morgan fingerprint density at radius 3 is 2.14 bits per heavy atom. The maximum absolute atomic E-state index is 13.6. The summed E-state index contributed by atoms with van der Waals surface area (Å²) in [6, 6.07) is 3.73. The number of ether oxygens (including phenoxy) is 2. The van der Waals surface area contributed by atoms with Crippen molar-refractivity contribution in [2.45, 2.75) is 24.9 Å². The number of hydrogen-bond donors (Lipinski definition) is 2. The number of nitrogens with zero attached hydrogens (tertiary/aromatic N) is 4. The number of allylic oxidation sites excluding steroid dienone is 1. The average Bonchev–Trinajstić information content (AvgIpc) is 3.75.